The summed E-state index contributed by atoms with van der Waals surface area (Å²) in [7, 11) is 0. The number of nitrogens with zero attached hydrogens (tertiary/aromatic N) is 1. The molecule has 0 fully saturated rings. The molecule has 0 aliphatic rings. The average Bonchev–Trinajstić information content (AvgIpc) is 2.16. The summed E-state index contributed by atoms with van der Waals surface area (Å²) in [4.78, 5) is 20.6. The molecule has 1 aromatic rings. The molecule has 0 saturated carbocycles. The maximum atomic E-state index is 10.7. The summed E-state index contributed by atoms with van der Waals surface area (Å²) < 4.78 is 0. The third kappa shape index (κ3) is 1.85. The van der Waals surface area contributed by atoms with E-state index in [1.165, 1.54) is 18.2 Å². The highest BCUT2D eigenvalue weighted by Crippen LogP contribution is 2.24. The Hall–Kier alpha value is -1.56. The summed E-state index contributed by atoms with van der Waals surface area (Å²) >= 11 is 3.89. The van der Waals surface area contributed by atoms with Gasteiger partial charge >= 0.3 is 5.97 Å². The highest BCUT2D eigenvalue weighted by molar-refractivity contribution is 7.79. The number of aromatic carboxylic acids is 1. The second-order valence-electron chi connectivity index (χ2n) is 2.53. The van der Waals surface area contributed by atoms with E-state index in [1.54, 1.807) is 0 Å². The van der Waals surface area contributed by atoms with Crippen molar-refractivity contribution in [3.05, 3.63) is 39.4 Å². The number of carboxylic acid groups (broad SMARTS) is 1. The van der Waals surface area contributed by atoms with E-state index in [2.05, 4.69) is 12.6 Å². The molecule has 5 nitrogen and oxygen atoms in total. The van der Waals surface area contributed by atoms with Crippen molar-refractivity contribution < 1.29 is 14.8 Å². The molecular formula is C8H7NO4S. The van der Waals surface area contributed by atoms with Gasteiger partial charge in [0.25, 0.3) is 5.69 Å². The third-order valence-electron chi connectivity index (χ3n) is 1.70. The van der Waals surface area contributed by atoms with Gasteiger partial charge in [0.15, 0.2) is 0 Å². The molecule has 0 spiro atoms. The predicted molar refractivity (Wildman–Crippen MR) is 52.7 cm³/mol. The monoisotopic (exact) mass is 213 g/mol. The minimum Gasteiger partial charge on any atom is -0.477 e. The molecule has 0 aliphatic heterocycles. The van der Waals surface area contributed by atoms with E-state index in [-0.39, 0.29) is 17.0 Å². The molecule has 1 N–H and O–H groups in total. The number of carbonyl (C=O) groups is 1. The van der Waals surface area contributed by atoms with Gasteiger partial charge < -0.3 is 5.11 Å². The van der Waals surface area contributed by atoms with Crippen LogP contribution in [0.2, 0.25) is 0 Å². The van der Waals surface area contributed by atoms with Crippen LogP contribution in [0.15, 0.2) is 18.2 Å². The Bertz CT molecular complexity index is 391. The molecule has 1 aromatic carbocycles. The fraction of sp³-hybridized carbons (Fsp3) is 0.125. The molecule has 0 bridgehead atoms. The number of nitro groups is 1. The Balaban J connectivity index is 3.43. The van der Waals surface area contributed by atoms with Crippen LogP contribution in [0.4, 0.5) is 5.69 Å². The molecule has 0 unspecified atom stereocenters. The summed E-state index contributed by atoms with van der Waals surface area (Å²) in [6.07, 6.45) is 0. The van der Waals surface area contributed by atoms with Crippen LogP contribution in [0.1, 0.15) is 15.9 Å². The number of nitro benzene ring substituents is 1. The van der Waals surface area contributed by atoms with Crippen molar-refractivity contribution in [2.75, 3.05) is 0 Å². The van der Waals surface area contributed by atoms with Crippen LogP contribution in [-0.2, 0) is 5.75 Å². The average molecular weight is 213 g/mol. The molecular weight excluding hydrogens is 206 g/mol. The van der Waals surface area contributed by atoms with Crippen LogP contribution in [-0.4, -0.2) is 16.0 Å². The normalized spacial score (nSPS) is 9.79. The zero-order valence-electron chi connectivity index (χ0n) is 7.01. The van der Waals surface area contributed by atoms with Gasteiger partial charge in [0.1, 0.15) is 5.56 Å². The first kappa shape index (κ1) is 10.5. The first-order valence-electron chi connectivity index (χ1n) is 3.68. The summed E-state index contributed by atoms with van der Waals surface area (Å²) in [6, 6.07) is 4.15. The minimum atomic E-state index is -1.31. The molecule has 0 radical (unpaired) electrons. The Morgan fingerprint density at radius 1 is 1.57 bits per heavy atom. The number of rotatable bonds is 3. The standard InChI is InChI=1S/C8H7NO4S/c10-8(11)6-3-1-2-5(4-14)7(6)9(12)13/h1-3,14H,4H2,(H,10,11). The lowest BCUT2D eigenvalue weighted by atomic mass is 10.1. The summed E-state index contributed by atoms with van der Waals surface area (Å²) in [5.41, 5.74) is -0.380. The van der Waals surface area contributed by atoms with Gasteiger partial charge in [0.05, 0.1) is 4.92 Å². The largest absolute Gasteiger partial charge is 0.477 e. The second kappa shape index (κ2) is 4.10. The van der Waals surface area contributed by atoms with Crippen molar-refractivity contribution in [1.29, 1.82) is 0 Å². The zero-order chi connectivity index (χ0) is 10.7. The van der Waals surface area contributed by atoms with Gasteiger partial charge in [0.2, 0.25) is 0 Å². The van der Waals surface area contributed by atoms with Crippen LogP contribution >= 0.6 is 12.6 Å². The van der Waals surface area contributed by atoms with Crippen molar-refractivity contribution in [1.82, 2.24) is 0 Å². The predicted octanol–water partition coefficient (Wildman–Crippen LogP) is 1.72. The number of hydrogen-bond acceptors (Lipinski definition) is 4. The van der Waals surface area contributed by atoms with E-state index in [0.717, 1.165) is 0 Å². The maximum absolute atomic E-state index is 10.7. The van der Waals surface area contributed by atoms with Crippen molar-refractivity contribution in [2.24, 2.45) is 0 Å². The lowest BCUT2D eigenvalue weighted by Gasteiger charge is -2.01. The summed E-state index contributed by atoms with van der Waals surface area (Å²) in [6.45, 7) is 0. The smallest absolute Gasteiger partial charge is 0.342 e. The van der Waals surface area contributed by atoms with E-state index in [1.807, 2.05) is 0 Å². The SMILES string of the molecule is O=C(O)c1cccc(CS)c1[N+](=O)[O-]. The Labute approximate surface area is 84.9 Å². The minimum absolute atomic E-state index is 0.136. The molecule has 74 valence electrons. The van der Waals surface area contributed by atoms with Gasteiger partial charge in [-0.15, -0.1) is 0 Å². The maximum Gasteiger partial charge on any atom is 0.342 e. The van der Waals surface area contributed by atoms with Crippen molar-refractivity contribution in [2.45, 2.75) is 5.75 Å². The van der Waals surface area contributed by atoms with Gasteiger partial charge in [-0.25, -0.2) is 4.79 Å². The molecule has 14 heavy (non-hydrogen) atoms. The van der Waals surface area contributed by atoms with Gasteiger partial charge in [-0.05, 0) is 6.07 Å². The fourth-order valence-electron chi connectivity index (χ4n) is 1.11. The van der Waals surface area contributed by atoms with Crippen LogP contribution in [0.25, 0.3) is 0 Å². The molecule has 0 amide bonds. The lowest BCUT2D eigenvalue weighted by Crippen LogP contribution is -2.04. The summed E-state index contributed by atoms with van der Waals surface area (Å²) in [5.74, 6) is -1.17. The molecule has 0 heterocycles. The van der Waals surface area contributed by atoms with E-state index in [9.17, 15) is 14.9 Å². The molecule has 6 heteroatoms. The zero-order valence-corrected chi connectivity index (χ0v) is 7.90. The van der Waals surface area contributed by atoms with Gasteiger partial charge in [-0.1, -0.05) is 12.1 Å². The van der Waals surface area contributed by atoms with Gasteiger partial charge in [-0.2, -0.15) is 12.6 Å². The Morgan fingerprint density at radius 3 is 2.64 bits per heavy atom. The molecule has 0 aliphatic carbocycles. The molecule has 0 atom stereocenters. The Morgan fingerprint density at radius 2 is 2.21 bits per heavy atom. The fourth-order valence-corrected chi connectivity index (χ4v) is 1.36. The number of thiol groups is 1. The van der Waals surface area contributed by atoms with E-state index < -0.39 is 10.9 Å². The van der Waals surface area contributed by atoms with Crippen LogP contribution in [0, 0.1) is 10.1 Å². The first-order valence-corrected chi connectivity index (χ1v) is 4.31. The highest BCUT2D eigenvalue weighted by atomic mass is 32.1. The molecule has 0 saturated heterocycles. The van der Waals surface area contributed by atoms with E-state index in [0.29, 0.717) is 5.56 Å². The van der Waals surface area contributed by atoms with Crippen molar-refractivity contribution in [3.63, 3.8) is 0 Å². The van der Waals surface area contributed by atoms with Crippen molar-refractivity contribution in [3.8, 4) is 0 Å². The number of carboxylic acids is 1. The van der Waals surface area contributed by atoms with Gasteiger partial charge in [0, 0.05) is 11.3 Å². The Kier molecular flexibility index (Phi) is 3.08. The van der Waals surface area contributed by atoms with E-state index in [4.69, 9.17) is 5.11 Å². The van der Waals surface area contributed by atoms with Crippen LogP contribution in [0.3, 0.4) is 0 Å². The molecule has 1 rings (SSSR count). The number of hydrogen-bond donors (Lipinski definition) is 2. The highest BCUT2D eigenvalue weighted by Gasteiger charge is 2.22. The second-order valence-corrected chi connectivity index (χ2v) is 2.85. The van der Waals surface area contributed by atoms with E-state index >= 15 is 0 Å². The summed E-state index contributed by atoms with van der Waals surface area (Å²) in [5, 5.41) is 19.3. The lowest BCUT2D eigenvalue weighted by molar-refractivity contribution is -0.385. The quantitative estimate of drug-likeness (QED) is 0.455. The van der Waals surface area contributed by atoms with Gasteiger partial charge in [-0.3, -0.25) is 10.1 Å². The third-order valence-corrected chi connectivity index (χ3v) is 2.04. The number of para-hydroxylation sites is 1. The first-order chi connectivity index (χ1) is 6.57. The van der Waals surface area contributed by atoms with Crippen LogP contribution in [0.5, 0.6) is 0 Å². The topological polar surface area (TPSA) is 80.4 Å². The molecule has 0 aromatic heterocycles. The number of benzene rings is 1. The van der Waals surface area contributed by atoms with Crippen molar-refractivity contribution >= 4 is 24.3 Å². The van der Waals surface area contributed by atoms with Crippen LogP contribution < -0.4 is 0 Å².